The van der Waals surface area contributed by atoms with E-state index in [0.29, 0.717) is 41.3 Å². The van der Waals surface area contributed by atoms with Gasteiger partial charge in [0.25, 0.3) is 0 Å². The molecule has 4 rings (SSSR count). The Balaban J connectivity index is 1.24. The van der Waals surface area contributed by atoms with Crippen LogP contribution in [0.3, 0.4) is 0 Å². The van der Waals surface area contributed by atoms with Crippen molar-refractivity contribution >= 4 is 15.9 Å². The standard InChI is InChI=1S/C28H39N3O6S/c1-21-15-26(35-3)16-22(2)28(21)38(33,34)31-10-4-5-25(31)19-37-20-27(32)29-17-23-6-8-24(9-7-23)18-30-11-13-36-14-12-30/h6-9,15-16,25H,4-5,10-14,17-20H2,1-3H3,(H,29,32). The fraction of sp³-hybridized carbons (Fsp3) is 0.536. The van der Waals surface area contributed by atoms with Crippen molar-refractivity contribution in [1.82, 2.24) is 14.5 Å². The average molecular weight is 546 g/mol. The molecule has 2 aliphatic rings. The van der Waals surface area contributed by atoms with Crippen molar-refractivity contribution in [2.45, 2.75) is 50.7 Å². The smallest absolute Gasteiger partial charge is 0.246 e. The molecular formula is C28H39N3O6S. The zero-order chi connectivity index (χ0) is 27.1. The van der Waals surface area contributed by atoms with Gasteiger partial charge in [-0.25, -0.2) is 8.42 Å². The minimum absolute atomic E-state index is 0.111. The van der Waals surface area contributed by atoms with Crippen molar-refractivity contribution in [3.8, 4) is 5.75 Å². The molecule has 0 aliphatic carbocycles. The Hall–Kier alpha value is -2.50. The second-order valence-electron chi connectivity index (χ2n) is 10.00. The van der Waals surface area contributed by atoms with Gasteiger partial charge in [0.1, 0.15) is 12.4 Å². The van der Waals surface area contributed by atoms with E-state index in [0.717, 1.165) is 44.8 Å². The monoisotopic (exact) mass is 545 g/mol. The molecule has 0 bridgehead atoms. The predicted molar refractivity (Wildman–Crippen MR) is 145 cm³/mol. The minimum Gasteiger partial charge on any atom is -0.497 e. The number of hydrogen-bond donors (Lipinski definition) is 1. The molecule has 0 aromatic heterocycles. The molecule has 0 saturated carbocycles. The lowest BCUT2D eigenvalue weighted by atomic mass is 10.1. The van der Waals surface area contributed by atoms with Crippen LogP contribution in [-0.4, -0.2) is 82.7 Å². The number of carbonyl (C=O) groups excluding carboxylic acids is 1. The molecule has 1 N–H and O–H groups in total. The van der Waals surface area contributed by atoms with Gasteiger partial charge in [-0.2, -0.15) is 4.31 Å². The Morgan fingerprint density at radius 2 is 1.71 bits per heavy atom. The molecule has 2 aromatic rings. The number of nitrogens with one attached hydrogen (secondary N) is 1. The van der Waals surface area contributed by atoms with Crippen LogP contribution in [0.5, 0.6) is 5.75 Å². The van der Waals surface area contributed by atoms with Gasteiger partial charge in [-0.3, -0.25) is 9.69 Å². The summed E-state index contributed by atoms with van der Waals surface area (Å²) in [6.07, 6.45) is 1.46. The lowest BCUT2D eigenvalue weighted by Gasteiger charge is -2.26. The van der Waals surface area contributed by atoms with Crippen molar-refractivity contribution in [2.24, 2.45) is 0 Å². The van der Waals surface area contributed by atoms with Gasteiger partial charge in [0.2, 0.25) is 15.9 Å². The summed E-state index contributed by atoms with van der Waals surface area (Å²) in [5.41, 5.74) is 3.56. The first-order valence-corrected chi connectivity index (χ1v) is 14.6. The van der Waals surface area contributed by atoms with Crippen LogP contribution >= 0.6 is 0 Å². The van der Waals surface area contributed by atoms with Crippen molar-refractivity contribution in [1.29, 1.82) is 0 Å². The fourth-order valence-electron chi connectivity index (χ4n) is 5.16. The van der Waals surface area contributed by atoms with Crippen LogP contribution < -0.4 is 10.1 Å². The first-order chi connectivity index (χ1) is 18.3. The van der Waals surface area contributed by atoms with Crippen LogP contribution in [-0.2, 0) is 37.4 Å². The third-order valence-corrected chi connectivity index (χ3v) is 9.38. The van der Waals surface area contributed by atoms with Crippen LogP contribution in [0.2, 0.25) is 0 Å². The molecule has 0 radical (unpaired) electrons. The van der Waals surface area contributed by atoms with E-state index in [-0.39, 0.29) is 25.2 Å². The molecule has 38 heavy (non-hydrogen) atoms. The third kappa shape index (κ3) is 7.12. The second-order valence-corrected chi connectivity index (χ2v) is 11.8. The Kier molecular flexibility index (Phi) is 9.78. The molecule has 0 spiro atoms. The lowest BCUT2D eigenvalue weighted by Crippen LogP contribution is -2.39. The maximum Gasteiger partial charge on any atom is 0.246 e. The van der Waals surface area contributed by atoms with E-state index in [4.69, 9.17) is 14.2 Å². The van der Waals surface area contributed by atoms with E-state index in [2.05, 4.69) is 22.3 Å². The summed E-state index contributed by atoms with van der Waals surface area (Å²) >= 11 is 0. The van der Waals surface area contributed by atoms with Gasteiger partial charge in [-0.1, -0.05) is 24.3 Å². The Bertz CT molecular complexity index is 1170. The lowest BCUT2D eigenvalue weighted by molar-refractivity contribution is -0.126. The number of methoxy groups -OCH3 is 1. The number of ether oxygens (including phenoxy) is 3. The third-order valence-electron chi connectivity index (χ3n) is 7.13. The number of rotatable bonds is 11. The number of benzene rings is 2. The fourth-order valence-corrected chi connectivity index (χ4v) is 7.26. The summed E-state index contributed by atoms with van der Waals surface area (Å²) in [5.74, 6) is 0.409. The predicted octanol–water partition coefficient (Wildman–Crippen LogP) is 2.63. The topological polar surface area (TPSA) is 97.4 Å². The maximum absolute atomic E-state index is 13.5. The number of hydrogen-bond acceptors (Lipinski definition) is 7. The first-order valence-electron chi connectivity index (χ1n) is 13.2. The summed E-state index contributed by atoms with van der Waals surface area (Å²) in [5, 5.41) is 2.88. The number of amides is 1. The number of nitrogens with zero attached hydrogens (tertiary/aromatic N) is 2. The quantitative estimate of drug-likeness (QED) is 0.464. The van der Waals surface area contributed by atoms with Gasteiger partial charge < -0.3 is 19.5 Å². The number of morpholine rings is 1. The van der Waals surface area contributed by atoms with Gasteiger partial charge in [0, 0.05) is 38.8 Å². The first kappa shape index (κ1) is 28.5. The van der Waals surface area contributed by atoms with E-state index < -0.39 is 10.0 Å². The average Bonchev–Trinajstić information content (AvgIpc) is 3.38. The molecule has 2 saturated heterocycles. The van der Waals surface area contributed by atoms with Crippen LogP contribution in [0.15, 0.2) is 41.3 Å². The Morgan fingerprint density at radius 1 is 1.05 bits per heavy atom. The summed E-state index contributed by atoms with van der Waals surface area (Å²) in [6.45, 7) is 8.84. The van der Waals surface area contributed by atoms with Crippen molar-refractivity contribution in [2.75, 3.05) is 53.2 Å². The van der Waals surface area contributed by atoms with Crippen molar-refractivity contribution in [3.05, 3.63) is 58.7 Å². The molecule has 208 valence electrons. The summed E-state index contributed by atoms with van der Waals surface area (Å²) < 4.78 is 44.9. The molecule has 10 heteroatoms. The van der Waals surface area contributed by atoms with E-state index in [1.807, 2.05) is 12.1 Å². The maximum atomic E-state index is 13.5. The Morgan fingerprint density at radius 3 is 2.37 bits per heavy atom. The molecular weight excluding hydrogens is 506 g/mol. The second kappa shape index (κ2) is 13.0. The van der Waals surface area contributed by atoms with Gasteiger partial charge >= 0.3 is 0 Å². The zero-order valence-corrected chi connectivity index (χ0v) is 23.4. The van der Waals surface area contributed by atoms with Crippen LogP contribution in [0.4, 0.5) is 0 Å². The number of aryl methyl sites for hydroxylation is 2. The highest BCUT2D eigenvalue weighted by Gasteiger charge is 2.37. The van der Waals surface area contributed by atoms with E-state index in [9.17, 15) is 13.2 Å². The summed E-state index contributed by atoms with van der Waals surface area (Å²) in [6, 6.07) is 11.4. The van der Waals surface area contributed by atoms with Crippen LogP contribution in [0.1, 0.15) is 35.1 Å². The van der Waals surface area contributed by atoms with Crippen LogP contribution in [0.25, 0.3) is 0 Å². The molecule has 2 fully saturated rings. The van der Waals surface area contributed by atoms with Gasteiger partial charge in [0.05, 0.1) is 31.8 Å². The normalized spacial score (nSPS) is 19.0. The highest BCUT2D eigenvalue weighted by molar-refractivity contribution is 7.89. The number of carbonyl (C=O) groups is 1. The van der Waals surface area contributed by atoms with E-state index in [1.54, 1.807) is 33.1 Å². The largest absolute Gasteiger partial charge is 0.497 e. The van der Waals surface area contributed by atoms with Crippen molar-refractivity contribution in [3.63, 3.8) is 0 Å². The highest BCUT2D eigenvalue weighted by Crippen LogP contribution is 2.32. The zero-order valence-electron chi connectivity index (χ0n) is 22.6. The SMILES string of the molecule is COc1cc(C)c(S(=O)(=O)N2CCCC2COCC(=O)NCc2ccc(CN3CCOCC3)cc2)c(C)c1. The van der Waals surface area contributed by atoms with Gasteiger partial charge in [-0.05, 0) is 61.1 Å². The van der Waals surface area contributed by atoms with Crippen molar-refractivity contribution < 1.29 is 27.4 Å². The molecule has 1 unspecified atom stereocenters. The number of sulfonamides is 1. The molecule has 2 heterocycles. The molecule has 9 nitrogen and oxygen atoms in total. The molecule has 2 aromatic carbocycles. The van der Waals surface area contributed by atoms with Crippen LogP contribution in [0, 0.1) is 13.8 Å². The summed E-state index contributed by atoms with van der Waals surface area (Å²) in [7, 11) is -2.13. The van der Waals surface area contributed by atoms with E-state index in [1.165, 1.54) is 9.87 Å². The molecule has 1 atom stereocenters. The minimum atomic E-state index is -3.70. The molecule has 1 amide bonds. The molecule has 2 aliphatic heterocycles. The van der Waals surface area contributed by atoms with Gasteiger partial charge in [-0.15, -0.1) is 0 Å². The summed E-state index contributed by atoms with van der Waals surface area (Å²) in [4.78, 5) is 15.1. The Labute approximate surface area is 226 Å². The van der Waals surface area contributed by atoms with Gasteiger partial charge in [0.15, 0.2) is 0 Å². The van der Waals surface area contributed by atoms with E-state index >= 15 is 0 Å². The highest BCUT2D eigenvalue weighted by atomic mass is 32.2.